The van der Waals surface area contributed by atoms with Crippen molar-refractivity contribution in [1.29, 1.82) is 0 Å². The van der Waals surface area contributed by atoms with Crippen LogP contribution >= 0.6 is 11.8 Å². The minimum atomic E-state index is -1.21. The van der Waals surface area contributed by atoms with E-state index in [4.69, 9.17) is 17.2 Å². The molecule has 0 bridgehead atoms. The number of nitrogens with zero attached hydrogens (tertiary/aromatic N) is 1. The second-order valence-corrected chi connectivity index (χ2v) is 10.1. The van der Waals surface area contributed by atoms with E-state index in [0.717, 1.165) is 0 Å². The zero-order valence-electron chi connectivity index (χ0n) is 21.4. The fraction of sp³-hybridized carbons (Fsp3) is 0.773. The molecule has 3 amide bonds. The van der Waals surface area contributed by atoms with Crippen LogP contribution in [0.5, 0.6) is 0 Å². The molecule has 35 heavy (non-hydrogen) atoms. The maximum atomic E-state index is 13.1. The van der Waals surface area contributed by atoms with Crippen LogP contribution in [-0.2, 0) is 19.2 Å². The smallest absolute Gasteiger partial charge is 0.326 e. The van der Waals surface area contributed by atoms with Crippen LogP contribution in [0.25, 0.3) is 0 Å². The van der Waals surface area contributed by atoms with Crippen LogP contribution in [0.15, 0.2) is 4.99 Å². The molecule has 0 aromatic heterocycles. The molecule has 0 aliphatic heterocycles. The molecule has 0 fully saturated rings. The number of hydrogen-bond acceptors (Lipinski definition) is 7. The number of aliphatic carboxylic acids is 1. The average molecular weight is 518 g/mol. The van der Waals surface area contributed by atoms with E-state index < -0.39 is 47.9 Å². The van der Waals surface area contributed by atoms with E-state index in [-0.39, 0.29) is 30.8 Å². The number of guanidine groups is 1. The van der Waals surface area contributed by atoms with Gasteiger partial charge in [0.1, 0.15) is 18.1 Å². The molecule has 0 aliphatic carbocycles. The lowest BCUT2D eigenvalue weighted by Gasteiger charge is -2.27. The molecule has 10 N–H and O–H groups in total. The number of carboxylic acids is 1. The zero-order valence-corrected chi connectivity index (χ0v) is 22.2. The lowest BCUT2D eigenvalue weighted by molar-refractivity contribution is -0.142. The summed E-state index contributed by atoms with van der Waals surface area (Å²) in [5.41, 5.74) is 16.4. The summed E-state index contributed by atoms with van der Waals surface area (Å²) in [6.07, 6.45) is 3.18. The van der Waals surface area contributed by atoms with Crippen LogP contribution in [0.2, 0.25) is 0 Å². The lowest BCUT2D eigenvalue weighted by Crippen LogP contribution is -2.58. The number of carbonyl (C=O) groups is 4. The molecule has 0 heterocycles. The first-order chi connectivity index (χ1) is 16.3. The first kappa shape index (κ1) is 32.5. The molecule has 4 unspecified atom stereocenters. The number of rotatable bonds is 17. The van der Waals surface area contributed by atoms with Gasteiger partial charge in [-0.05, 0) is 49.5 Å². The summed E-state index contributed by atoms with van der Waals surface area (Å²) < 4.78 is 0. The highest BCUT2D eigenvalue weighted by molar-refractivity contribution is 7.98. The maximum Gasteiger partial charge on any atom is 0.326 e. The van der Waals surface area contributed by atoms with Crippen molar-refractivity contribution in [3.8, 4) is 0 Å². The third kappa shape index (κ3) is 13.8. The fourth-order valence-corrected chi connectivity index (χ4v) is 3.66. The second-order valence-electron chi connectivity index (χ2n) is 9.16. The Kier molecular flexibility index (Phi) is 15.7. The van der Waals surface area contributed by atoms with E-state index in [0.29, 0.717) is 25.0 Å². The van der Waals surface area contributed by atoms with Gasteiger partial charge < -0.3 is 38.3 Å². The summed E-state index contributed by atoms with van der Waals surface area (Å²) in [5, 5.41) is 17.3. The normalized spacial score (nSPS) is 14.5. The van der Waals surface area contributed by atoms with E-state index in [1.807, 2.05) is 20.1 Å². The van der Waals surface area contributed by atoms with Crippen LogP contribution in [0, 0.1) is 11.8 Å². The van der Waals surface area contributed by atoms with Crippen molar-refractivity contribution in [2.75, 3.05) is 18.6 Å². The Bertz CT molecular complexity index is 729. The van der Waals surface area contributed by atoms with Gasteiger partial charge >= 0.3 is 5.97 Å². The van der Waals surface area contributed by atoms with Crippen LogP contribution in [0.3, 0.4) is 0 Å². The predicted octanol–water partition coefficient (Wildman–Crippen LogP) is -0.638. The van der Waals surface area contributed by atoms with Crippen molar-refractivity contribution < 1.29 is 24.3 Å². The highest BCUT2D eigenvalue weighted by atomic mass is 32.2. The lowest BCUT2D eigenvalue weighted by atomic mass is 9.99. The first-order valence-corrected chi connectivity index (χ1v) is 13.1. The molecule has 0 saturated heterocycles. The molecule has 0 spiro atoms. The molecule has 0 radical (unpaired) electrons. The molecule has 0 aromatic rings. The number of hydrogen-bond donors (Lipinski definition) is 7. The Morgan fingerprint density at radius 2 is 1.51 bits per heavy atom. The van der Waals surface area contributed by atoms with Gasteiger partial charge in [-0.25, -0.2) is 4.79 Å². The van der Waals surface area contributed by atoms with E-state index in [1.54, 1.807) is 25.6 Å². The van der Waals surface area contributed by atoms with Gasteiger partial charge in [0, 0.05) is 6.54 Å². The van der Waals surface area contributed by atoms with Crippen molar-refractivity contribution >= 4 is 41.4 Å². The Balaban J connectivity index is 5.33. The number of nitrogens with one attached hydrogen (secondary N) is 3. The Hall–Kier alpha value is -2.54. The van der Waals surface area contributed by atoms with Gasteiger partial charge in [-0.15, -0.1) is 0 Å². The summed E-state index contributed by atoms with van der Waals surface area (Å²) in [5.74, 6) is -2.45. The third-order valence-electron chi connectivity index (χ3n) is 5.12. The van der Waals surface area contributed by atoms with E-state index >= 15 is 0 Å². The molecule has 0 rings (SSSR count). The second kappa shape index (κ2) is 17.0. The molecule has 13 heteroatoms. The predicted molar refractivity (Wildman–Crippen MR) is 139 cm³/mol. The molecular weight excluding hydrogens is 474 g/mol. The van der Waals surface area contributed by atoms with Crippen molar-refractivity contribution in [1.82, 2.24) is 16.0 Å². The summed E-state index contributed by atoms with van der Waals surface area (Å²) in [7, 11) is 0. The average Bonchev–Trinajstić information content (AvgIpc) is 2.75. The number of aliphatic imine (C=N–C) groups is 1. The fourth-order valence-electron chi connectivity index (χ4n) is 3.17. The number of carboxylic acid groups (broad SMARTS) is 1. The number of nitrogens with two attached hydrogens (primary N) is 3. The van der Waals surface area contributed by atoms with Crippen LogP contribution in [0.4, 0.5) is 0 Å². The maximum absolute atomic E-state index is 13.1. The van der Waals surface area contributed by atoms with Gasteiger partial charge in [0.05, 0.1) is 6.04 Å². The minimum Gasteiger partial charge on any atom is -0.480 e. The van der Waals surface area contributed by atoms with Crippen molar-refractivity contribution in [3.05, 3.63) is 0 Å². The minimum absolute atomic E-state index is 0.0846. The van der Waals surface area contributed by atoms with E-state index in [9.17, 15) is 24.3 Å². The Morgan fingerprint density at radius 1 is 0.914 bits per heavy atom. The highest BCUT2D eigenvalue weighted by Crippen LogP contribution is 2.10. The highest BCUT2D eigenvalue weighted by Gasteiger charge is 2.32. The summed E-state index contributed by atoms with van der Waals surface area (Å²) in [6.45, 7) is 7.50. The molecule has 0 saturated carbocycles. The van der Waals surface area contributed by atoms with Crippen LogP contribution in [-0.4, -0.2) is 77.5 Å². The molecular formula is C22H43N7O5S. The molecule has 202 valence electrons. The molecule has 12 nitrogen and oxygen atoms in total. The Morgan fingerprint density at radius 3 is 2.00 bits per heavy atom. The van der Waals surface area contributed by atoms with E-state index in [1.165, 1.54) is 0 Å². The summed E-state index contributed by atoms with van der Waals surface area (Å²) >= 11 is 1.57. The van der Waals surface area contributed by atoms with Gasteiger partial charge in [0.25, 0.3) is 0 Å². The number of amides is 3. The van der Waals surface area contributed by atoms with Gasteiger partial charge in [-0.1, -0.05) is 27.7 Å². The molecule has 0 aliphatic rings. The molecule has 4 atom stereocenters. The Labute approximate surface area is 212 Å². The van der Waals surface area contributed by atoms with Gasteiger partial charge in [-0.3, -0.25) is 19.4 Å². The number of carbonyl (C=O) groups excluding carboxylic acids is 3. The number of thioether (sulfide) groups is 1. The summed E-state index contributed by atoms with van der Waals surface area (Å²) in [6, 6.07) is -3.80. The first-order valence-electron chi connectivity index (χ1n) is 11.7. The van der Waals surface area contributed by atoms with Gasteiger partial charge in [-0.2, -0.15) is 11.8 Å². The molecule has 0 aromatic carbocycles. The van der Waals surface area contributed by atoms with Crippen LogP contribution in [0.1, 0.15) is 53.4 Å². The van der Waals surface area contributed by atoms with Crippen molar-refractivity contribution in [2.24, 2.45) is 34.0 Å². The monoisotopic (exact) mass is 517 g/mol. The van der Waals surface area contributed by atoms with Gasteiger partial charge in [0.2, 0.25) is 17.7 Å². The topological polar surface area (TPSA) is 215 Å². The standard InChI is InChI=1S/C22H43N7O5S/c1-12(2)11-16(28-18(30)14(23)8-10-35-5)19(31)29-17(13(3)4)20(32)27-15(21(33)34)7-6-9-26-22(24)25/h12-17H,6-11,23H2,1-5H3,(H,27,32)(H,28,30)(H,29,31)(H,33,34)(H4,24,25,26). The van der Waals surface area contributed by atoms with Gasteiger partial charge in [0.15, 0.2) is 5.96 Å². The largest absolute Gasteiger partial charge is 0.480 e. The van der Waals surface area contributed by atoms with Crippen molar-refractivity contribution in [2.45, 2.75) is 77.5 Å². The quantitative estimate of drug-likeness (QED) is 0.0740. The zero-order chi connectivity index (χ0) is 27.1. The third-order valence-corrected chi connectivity index (χ3v) is 5.76. The van der Waals surface area contributed by atoms with Crippen LogP contribution < -0.4 is 33.2 Å². The SMILES string of the molecule is CSCCC(N)C(=O)NC(CC(C)C)C(=O)NC(C(=O)NC(CCCN=C(N)N)C(=O)O)C(C)C. The van der Waals surface area contributed by atoms with E-state index in [2.05, 4.69) is 20.9 Å². The summed E-state index contributed by atoms with van der Waals surface area (Å²) in [4.78, 5) is 53.9. The van der Waals surface area contributed by atoms with Crippen molar-refractivity contribution in [3.63, 3.8) is 0 Å².